The zero-order valence-electron chi connectivity index (χ0n) is 6.56. The van der Waals surface area contributed by atoms with E-state index < -0.39 is 0 Å². The van der Waals surface area contributed by atoms with E-state index in [1.165, 1.54) is 19.3 Å². The third kappa shape index (κ3) is 0.727. The van der Waals surface area contributed by atoms with Gasteiger partial charge in [-0.15, -0.1) is 0 Å². The lowest BCUT2D eigenvalue weighted by molar-refractivity contribution is 0.118. The van der Waals surface area contributed by atoms with Crippen LogP contribution in [0.5, 0.6) is 0 Å². The van der Waals surface area contributed by atoms with E-state index in [2.05, 4.69) is 6.92 Å². The fourth-order valence-corrected chi connectivity index (χ4v) is 2.44. The predicted octanol–water partition coefficient (Wildman–Crippen LogP) is 2.46. The number of hydrogen-bond donors (Lipinski definition) is 1. The number of hydrogen-bond acceptors (Lipinski definition) is 1. The van der Waals surface area contributed by atoms with Crippen molar-refractivity contribution in [3.63, 3.8) is 0 Å². The molecule has 2 rings (SSSR count). The summed E-state index contributed by atoms with van der Waals surface area (Å²) in [6.45, 7) is 2.23. The standard InChI is InChI=1S/C9H15N/c1-6-8-4-2-7(8)3-5-9(6)10/h6-8,10H,2-5H2,1H3. The topological polar surface area (TPSA) is 23.9 Å². The largest absolute Gasteiger partial charge is 0.309 e. The van der Waals surface area contributed by atoms with Crippen molar-refractivity contribution >= 4 is 5.71 Å². The monoisotopic (exact) mass is 137 g/mol. The minimum absolute atomic E-state index is 0.618. The van der Waals surface area contributed by atoms with Crippen molar-refractivity contribution in [1.29, 1.82) is 5.41 Å². The van der Waals surface area contributed by atoms with Crippen LogP contribution in [0, 0.1) is 23.2 Å². The lowest BCUT2D eigenvalue weighted by Gasteiger charge is -2.45. The van der Waals surface area contributed by atoms with Crippen LogP contribution in [0.25, 0.3) is 0 Å². The SMILES string of the molecule is CC1C(=N)CCC2CCC21. The Hall–Kier alpha value is -0.330. The molecule has 0 aromatic rings. The molecule has 0 aromatic carbocycles. The van der Waals surface area contributed by atoms with Crippen LogP contribution >= 0.6 is 0 Å². The molecule has 0 spiro atoms. The Morgan fingerprint density at radius 2 is 2.10 bits per heavy atom. The first-order chi connectivity index (χ1) is 4.79. The third-order valence-electron chi connectivity index (χ3n) is 3.45. The van der Waals surface area contributed by atoms with Gasteiger partial charge in [-0.1, -0.05) is 6.92 Å². The number of fused-ring (bicyclic) bond motifs is 1. The lowest BCUT2D eigenvalue weighted by atomic mass is 9.60. The van der Waals surface area contributed by atoms with Crippen LogP contribution in [0.4, 0.5) is 0 Å². The molecule has 0 saturated heterocycles. The van der Waals surface area contributed by atoms with E-state index in [1.54, 1.807) is 0 Å². The molecule has 0 radical (unpaired) electrons. The molecule has 2 saturated carbocycles. The van der Waals surface area contributed by atoms with E-state index in [4.69, 9.17) is 5.41 Å². The quantitative estimate of drug-likeness (QED) is 0.530. The first kappa shape index (κ1) is 6.38. The second-order valence-corrected chi connectivity index (χ2v) is 3.85. The van der Waals surface area contributed by atoms with Crippen LogP contribution in [0.1, 0.15) is 32.6 Å². The van der Waals surface area contributed by atoms with Crippen molar-refractivity contribution in [1.82, 2.24) is 0 Å². The second-order valence-electron chi connectivity index (χ2n) is 3.85. The highest BCUT2D eigenvalue weighted by Crippen LogP contribution is 2.46. The molecule has 0 aromatic heterocycles. The first-order valence-electron chi connectivity index (χ1n) is 4.36. The normalized spacial score (nSPS) is 46.1. The van der Waals surface area contributed by atoms with E-state index >= 15 is 0 Å². The van der Waals surface area contributed by atoms with Crippen LogP contribution < -0.4 is 0 Å². The molecule has 56 valence electrons. The van der Waals surface area contributed by atoms with Gasteiger partial charge in [0.25, 0.3) is 0 Å². The van der Waals surface area contributed by atoms with Gasteiger partial charge in [-0.2, -0.15) is 0 Å². The average Bonchev–Trinajstić information content (AvgIpc) is 1.82. The summed E-state index contributed by atoms with van der Waals surface area (Å²) in [5.74, 6) is 2.53. The fourth-order valence-electron chi connectivity index (χ4n) is 2.44. The smallest absolute Gasteiger partial charge is 0.0120 e. The van der Waals surface area contributed by atoms with Gasteiger partial charge in [0.05, 0.1) is 0 Å². The maximum atomic E-state index is 7.65. The molecule has 0 aliphatic heterocycles. The second kappa shape index (κ2) is 2.08. The lowest BCUT2D eigenvalue weighted by Crippen LogP contribution is -2.39. The van der Waals surface area contributed by atoms with E-state index in [9.17, 15) is 0 Å². The zero-order chi connectivity index (χ0) is 7.14. The van der Waals surface area contributed by atoms with Gasteiger partial charge in [0, 0.05) is 5.71 Å². The minimum Gasteiger partial charge on any atom is -0.309 e. The molecular formula is C9H15N. The molecule has 1 nitrogen and oxygen atoms in total. The van der Waals surface area contributed by atoms with Crippen molar-refractivity contribution in [2.45, 2.75) is 32.6 Å². The van der Waals surface area contributed by atoms with Gasteiger partial charge in [0.2, 0.25) is 0 Å². The van der Waals surface area contributed by atoms with E-state index in [-0.39, 0.29) is 0 Å². The highest BCUT2D eigenvalue weighted by Gasteiger charge is 2.39. The summed E-state index contributed by atoms with van der Waals surface area (Å²) < 4.78 is 0. The molecule has 3 unspecified atom stereocenters. The fraction of sp³-hybridized carbons (Fsp3) is 0.889. The van der Waals surface area contributed by atoms with Crippen LogP contribution in [-0.4, -0.2) is 5.71 Å². The molecule has 3 atom stereocenters. The van der Waals surface area contributed by atoms with Gasteiger partial charge in [0.1, 0.15) is 0 Å². The summed E-state index contributed by atoms with van der Waals surface area (Å²) >= 11 is 0. The van der Waals surface area contributed by atoms with E-state index in [1.807, 2.05) is 0 Å². The predicted molar refractivity (Wildman–Crippen MR) is 42.3 cm³/mol. The Balaban J connectivity index is 2.08. The van der Waals surface area contributed by atoms with Crippen LogP contribution in [-0.2, 0) is 0 Å². The molecule has 2 fully saturated rings. The van der Waals surface area contributed by atoms with Crippen molar-refractivity contribution in [3.8, 4) is 0 Å². The third-order valence-corrected chi connectivity index (χ3v) is 3.45. The van der Waals surface area contributed by atoms with E-state index in [0.717, 1.165) is 24.0 Å². The maximum absolute atomic E-state index is 7.65. The first-order valence-corrected chi connectivity index (χ1v) is 4.36. The van der Waals surface area contributed by atoms with Crippen molar-refractivity contribution in [2.24, 2.45) is 17.8 Å². The Kier molecular flexibility index (Phi) is 1.33. The Morgan fingerprint density at radius 1 is 1.30 bits per heavy atom. The summed E-state index contributed by atoms with van der Waals surface area (Å²) in [4.78, 5) is 0. The summed E-state index contributed by atoms with van der Waals surface area (Å²) in [6.07, 6.45) is 5.24. The number of nitrogens with one attached hydrogen (secondary N) is 1. The Labute approximate surface area is 62.3 Å². The summed E-state index contributed by atoms with van der Waals surface area (Å²) in [6, 6.07) is 0. The highest BCUT2D eigenvalue weighted by molar-refractivity contribution is 5.84. The Bertz CT molecular complexity index is 162. The summed E-state index contributed by atoms with van der Waals surface area (Å²) in [7, 11) is 0. The highest BCUT2D eigenvalue weighted by atomic mass is 14.5. The van der Waals surface area contributed by atoms with Gasteiger partial charge in [-0.3, -0.25) is 0 Å². The zero-order valence-corrected chi connectivity index (χ0v) is 6.56. The molecule has 1 N–H and O–H groups in total. The summed E-state index contributed by atoms with van der Waals surface area (Å²) in [5.41, 5.74) is 1.01. The summed E-state index contributed by atoms with van der Waals surface area (Å²) in [5, 5.41) is 7.65. The molecule has 2 aliphatic carbocycles. The molecule has 0 amide bonds. The van der Waals surface area contributed by atoms with Crippen molar-refractivity contribution in [2.75, 3.05) is 0 Å². The van der Waals surface area contributed by atoms with Crippen molar-refractivity contribution in [3.05, 3.63) is 0 Å². The molecule has 1 heteroatoms. The molecule has 2 aliphatic rings. The van der Waals surface area contributed by atoms with Gasteiger partial charge in [0.15, 0.2) is 0 Å². The molecule has 0 bridgehead atoms. The molecule has 10 heavy (non-hydrogen) atoms. The van der Waals surface area contributed by atoms with Gasteiger partial charge in [-0.25, -0.2) is 0 Å². The number of rotatable bonds is 0. The van der Waals surface area contributed by atoms with Crippen LogP contribution in [0.3, 0.4) is 0 Å². The average molecular weight is 137 g/mol. The minimum atomic E-state index is 0.618. The van der Waals surface area contributed by atoms with Crippen LogP contribution in [0.2, 0.25) is 0 Å². The maximum Gasteiger partial charge on any atom is 0.0120 e. The molecular weight excluding hydrogens is 122 g/mol. The molecule has 0 heterocycles. The van der Waals surface area contributed by atoms with Gasteiger partial charge >= 0.3 is 0 Å². The van der Waals surface area contributed by atoms with Gasteiger partial charge in [-0.05, 0) is 43.4 Å². The van der Waals surface area contributed by atoms with Crippen LogP contribution in [0.15, 0.2) is 0 Å². The van der Waals surface area contributed by atoms with Gasteiger partial charge < -0.3 is 5.41 Å². The van der Waals surface area contributed by atoms with E-state index in [0.29, 0.717) is 5.92 Å². The Morgan fingerprint density at radius 3 is 2.60 bits per heavy atom. The van der Waals surface area contributed by atoms with Crippen molar-refractivity contribution < 1.29 is 0 Å².